The fourth-order valence-electron chi connectivity index (χ4n) is 2.95. The number of aromatic amines is 1. The third kappa shape index (κ3) is 1.89. The second kappa shape index (κ2) is 4.47. The number of H-pyrrole nitrogens is 1. The Bertz CT molecular complexity index is 835. The van der Waals surface area contributed by atoms with Crippen LogP contribution in [0.1, 0.15) is 23.9 Å². The van der Waals surface area contributed by atoms with E-state index in [1.54, 1.807) is 0 Å². The monoisotopic (exact) mass is 300 g/mol. The van der Waals surface area contributed by atoms with Crippen LogP contribution in [0.3, 0.4) is 0 Å². The van der Waals surface area contributed by atoms with Gasteiger partial charge in [-0.25, -0.2) is 0 Å². The predicted molar refractivity (Wildman–Crippen MR) is 85.0 cm³/mol. The number of imidazole rings is 1. The summed E-state index contributed by atoms with van der Waals surface area (Å²) in [4.78, 5) is 3.27. The molecule has 1 aromatic heterocycles. The van der Waals surface area contributed by atoms with Crippen LogP contribution in [0.25, 0.3) is 11.0 Å². The van der Waals surface area contributed by atoms with Crippen molar-refractivity contribution in [1.82, 2.24) is 9.55 Å². The van der Waals surface area contributed by atoms with Crippen LogP contribution >= 0.6 is 23.8 Å². The predicted octanol–water partition coefficient (Wildman–Crippen LogP) is 5.08. The average molecular weight is 301 g/mol. The molecule has 2 unspecified atom stereocenters. The van der Waals surface area contributed by atoms with Crippen molar-refractivity contribution in [2.45, 2.75) is 18.4 Å². The number of benzene rings is 2. The topological polar surface area (TPSA) is 20.7 Å². The van der Waals surface area contributed by atoms with Crippen LogP contribution in [0, 0.1) is 4.77 Å². The van der Waals surface area contributed by atoms with Gasteiger partial charge in [0.05, 0.1) is 11.0 Å². The second-order valence-corrected chi connectivity index (χ2v) is 6.10. The van der Waals surface area contributed by atoms with Gasteiger partial charge in [0.25, 0.3) is 0 Å². The van der Waals surface area contributed by atoms with E-state index in [2.05, 4.69) is 39.9 Å². The molecule has 0 saturated heterocycles. The zero-order chi connectivity index (χ0) is 13.7. The Balaban J connectivity index is 1.79. The van der Waals surface area contributed by atoms with E-state index in [0.717, 1.165) is 27.2 Å². The largest absolute Gasteiger partial charge is 0.331 e. The number of halogens is 1. The molecule has 3 aromatic rings. The SMILES string of the molecule is S=c1[nH]c2ccc(Cl)cc2n1C1CC1c1ccccc1. The normalized spacial score (nSPS) is 21.2. The van der Waals surface area contributed by atoms with Gasteiger partial charge in [-0.05, 0) is 42.4 Å². The van der Waals surface area contributed by atoms with Gasteiger partial charge in [-0.1, -0.05) is 41.9 Å². The number of nitrogens with one attached hydrogen (secondary N) is 1. The summed E-state index contributed by atoms with van der Waals surface area (Å²) in [5.41, 5.74) is 3.54. The summed E-state index contributed by atoms with van der Waals surface area (Å²) < 4.78 is 3.00. The smallest absolute Gasteiger partial charge is 0.178 e. The molecule has 0 radical (unpaired) electrons. The quantitative estimate of drug-likeness (QED) is 0.654. The third-order valence-electron chi connectivity index (χ3n) is 4.00. The van der Waals surface area contributed by atoms with Crippen molar-refractivity contribution in [1.29, 1.82) is 0 Å². The molecule has 1 aliphatic carbocycles. The van der Waals surface area contributed by atoms with E-state index >= 15 is 0 Å². The van der Waals surface area contributed by atoms with Gasteiger partial charge >= 0.3 is 0 Å². The van der Waals surface area contributed by atoms with Crippen LogP contribution < -0.4 is 0 Å². The summed E-state index contributed by atoms with van der Waals surface area (Å²) in [6, 6.07) is 16.9. The highest BCUT2D eigenvalue weighted by atomic mass is 35.5. The first-order valence-electron chi connectivity index (χ1n) is 6.69. The van der Waals surface area contributed by atoms with Gasteiger partial charge in [0.15, 0.2) is 4.77 Å². The standard InChI is InChI=1S/C16H13ClN2S/c17-11-6-7-13-15(8-11)19(16(20)18-13)14-9-12(14)10-4-2-1-3-5-10/h1-8,12,14H,9H2,(H,18,20). The lowest BCUT2D eigenvalue weighted by molar-refractivity contribution is 0.728. The minimum atomic E-state index is 0.442. The van der Waals surface area contributed by atoms with Crippen LogP contribution in [0.4, 0.5) is 0 Å². The Morgan fingerprint density at radius 1 is 1.15 bits per heavy atom. The van der Waals surface area contributed by atoms with Crippen molar-refractivity contribution in [2.24, 2.45) is 0 Å². The Morgan fingerprint density at radius 2 is 1.95 bits per heavy atom. The molecule has 0 aliphatic heterocycles. The van der Waals surface area contributed by atoms with E-state index in [1.165, 1.54) is 5.56 Å². The van der Waals surface area contributed by atoms with Gasteiger partial charge in [-0.15, -0.1) is 0 Å². The summed E-state index contributed by atoms with van der Waals surface area (Å²) in [6.07, 6.45) is 1.14. The number of hydrogen-bond donors (Lipinski definition) is 1. The first-order chi connectivity index (χ1) is 9.74. The molecule has 1 aliphatic rings. The van der Waals surface area contributed by atoms with Gasteiger partial charge < -0.3 is 9.55 Å². The highest BCUT2D eigenvalue weighted by Crippen LogP contribution is 2.52. The Labute approximate surface area is 127 Å². The zero-order valence-corrected chi connectivity index (χ0v) is 12.3. The van der Waals surface area contributed by atoms with Crippen molar-refractivity contribution in [2.75, 3.05) is 0 Å². The minimum Gasteiger partial charge on any atom is -0.331 e. The molecule has 100 valence electrons. The Hall–Kier alpha value is -1.58. The summed E-state index contributed by atoms with van der Waals surface area (Å²) in [7, 11) is 0. The maximum absolute atomic E-state index is 6.12. The molecule has 1 saturated carbocycles. The zero-order valence-electron chi connectivity index (χ0n) is 10.7. The average Bonchev–Trinajstić information content (AvgIpc) is 3.17. The molecule has 4 heteroatoms. The van der Waals surface area contributed by atoms with Crippen LogP contribution in [-0.2, 0) is 0 Å². The van der Waals surface area contributed by atoms with Crippen molar-refractivity contribution >= 4 is 34.9 Å². The molecule has 0 amide bonds. The molecular formula is C16H13ClN2S. The van der Waals surface area contributed by atoms with Crippen LogP contribution in [0.2, 0.25) is 5.02 Å². The van der Waals surface area contributed by atoms with Crippen LogP contribution in [0.5, 0.6) is 0 Å². The van der Waals surface area contributed by atoms with Gasteiger partial charge in [0.1, 0.15) is 0 Å². The van der Waals surface area contributed by atoms with Gasteiger partial charge in [0, 0.05) is 17.0 Å². The minimum absolute atomic E-state index is 0.442. The van der Waals surface area contributed by atoms with E-state index in [0.29, 0.717) is 12.0 Å². The number of aromatic nitrogens is 2. The lowest BCUT2D eigenvalue weighted by Crippen LogP contribution is -1.96. The molecule has 0 bridgehead atoms. The van der Waals surface area contributed by atoms with Crippen molar-refractivity contribution < 1.29 is 0 Å². The van der Waals surface area contributed by atoms with Crippen molar-refractivity contribution in [3.63, 3.8) is 0 Å². The molecule has 1 fully saturated rings. The second-order valence-electron chi connectivity index (χ2n) is 5.28. The molecule has 2 atom stereocenters. The van der Waals surface area contributed by atoms with Crippen molar-refractivity contribution in [3.8, 4) is 0 Å². The summed E-state index contributed by atoms with van der Waals surface area (Å²) in [5, 5.41) is 0.747. The Kier molecular flexibility index (Phi) is 2.72. The Morgan fingerprint density at radius 3 is 2.75 bits per heavy atom. The molecule has 1 heterocycles. The van der Waals surface area contributed by atoms with E-state index in [4.69, 9.17) is 23.8 Å². The van der Waals surface area contributed by atoms with E-state index < -0.39 is 0 Å². The fraction of sp³-hybridized carbons (Fsp3) is 0.188. The van der Waals surface area contributed by atoms with E-state index in [-0.39, 0.29) is 0 Å². The molecule has 2 aromatic carbocycles. The highest BCUT2D eigenvalue weighted by molar-refractivity contribution is 7.71. The number of nitrogens with zero attached hydrogens (tertiary/aromatic N) is 1. The maximum atomic E-state index is 6.12. The first-order valence-corrected chi connectivity index (χ1v) is 7.47. The van der Waals surface area contributed by atoms with Gasteiger partial charge in [-0.3, -0.25) is 0 Å². The summed E-state index contributed by atoms with van der Waals surface area (Å²) in [5.74, 6) is 0.556. The van der Waals surface area contributed by atoms with Crippen molar-refractivity contribution in [3.05, 3.63) is 63.9 Å². The molecule has 20 heavy (non-hydrogen) atoms. The van der Waals surface area contributed by atoms with Crippen LogP contribution in [-0.4, -0.2) is 9.55 Å². The molecule has 1 N–H and O–H groups in total. The third-order valence-corrected chi connectivity index (χ3v) is 4.53. The lowest BCUT2D eigenvalue weighted by atomic mass is 10.1. The van der Waals surface area contributed by atoms with Crippen LogP contribution in [0.15, 0.2) is 48.5 Å². The highest BCUT2D eigenvalue weighted by Gasteiger charge is 2.40. The fourth-order valence-corrected chi connectivity index (χ4v) is 3.46. The first kappa shape index (κ1) is 12.2. The number of hydrogen-bond acceptors (Lipinski definition) is 1. The number of fused-ring (bicyclic) bond motifs is 1. The molecule has 4 rings (SSSR count). The summed E-state index contributed by atoms with van der Waals surface area (Å²) in [6.45, 7) is 0. The molecule has 0 spiro atoms. The van der Waals surface area contributed by atoms with Gasteiger partial charge in [0.2, 0.25) is 0 Å². The van der Waals surface area contributed by atoms with E-state index in [1.807, 2.05) is 18.2 Å². The molecule has 2 nitrogen and oxygen atoms in total. The lowest BCUT2D eigenvalue weighted by Gasteiger charge is -2.04. The number of rotatable bonds is 2. The van der Waals surface area contributed by atoms with E-state index in [9.17, 15) is 0 Å². The van der Waals surface area contributed by atoms with Gasteiger partial charge in [-0.2, -0.15) is 0 Å². The molecular weight excluding hydrogens is 288 g/mol. The summed E-state index contributed by atoms with van der Waals surface area (Å²) >= 11 is 11.6. The maximum Gasteiger partial charge on any atom is 0.178 e.